The van der Waals surface area contributed by atoms with Crippen molar-refractivity contribution in [2.24, 2.45) is 0 Å². The molecule has 5 heteroatoms. The van der Waals surface area contributed by atoms with Gasteiger partial charge in [-0.2, -0.15) is 5.26 Å². The van der Waals surface area contributed by atoms with Crippen LogP contribution in [0.4, 0.5) is 14.5 Å². The fourth-order valence-electron chi connectivity index (χ4n) is 4.20. The molecule has 29 heavy (non-hydrogen) atoms. The SMILES string of the molecule is BCCCCc1ccc(C2CCN(c3ccc(C#N)c(C(C)(F)F)c3)CC2)cc1. The van der Waals surface area contributed by atoms with Gasteiger partial charge in [0.2, 0.25) is 0 Å². The Morgan fingerprint density at radius 2 is 1.79 bits per heavy atom. The third kappa shape index (κ3) is 5.38. The zero-order chi connectivity index (χ0) is 20.9. The highest BCUT2D eigenvalue weighted by molar-refractivity contribution is 6.08. The maximum Gasteiger partial charge on any atom is 0.271 e. The molecule has 0 amide bonds. The van der Waals surface area contributed by atoms with Crippen LogP contribution in [-0.4, -0.2) is 20.9 Å². The number of halogens is 2. The topological polar surface area (TPSA) is 27.0 Å². The minimum Gasteiger partial charge on any atom is -0.371 e. The molecular formula is C24H29BF2N2. The highest BCUT2D eigenvalue weighted by Crippen LogP contribution is 2.35. The second-order valence-electron chi connectivity index (χ2n) is 8.19. The van der Waals surface area contributed by atoms with Gasteiger partial charge in [0, 0.05) is 31.3 Å². The van der Waals surface area contributed by atoms with Crippen molar-refractivity contribution in [2.45, 2.75) is 57.2 Å². The summed E-state index contributed by atoms with van der Waals surface area (Å²) in [5.41, 5.74) is 3.44. The molecule has 0 unspecified atom stereocenters. The Balaban J connectivity index is 1.63. The maximum atomic E-state index is 13.9. The number of alkyl halides is 2. The van der Waals surface area contributed by atoms with E-state index in [0.29, 0.717) is 5.92 Å². The van der Waals surface area contributed by atoms with Crippen molar-refractivity contribution in [3.63, 3.8) is 0 Å². The molecule has 152 valence electrons. The van der Waals surface area contributed by atoms with E-state index in [9.17, 15) is 8.78 Å². The van der Waals surface area contributed by atoms with Crippen LogP contribution in [0.2, 0.25) is 6.32 Å². The lowest BCUT2D eigenvalue weighted by atomic mass is 9.88. The third-order valence-corrected chi connectivity index (χ3v) is 5.98. The molecule has 0 radical (unpaired) electrons. The first-order valence-corrected chi connectivity index (χ1v) is 10.7. The van der Waals surface area contributed by atoms with Crippen LogP contribution in [0.5, 0.6) is 0 Å². The van der Waals surface area contributed by atoms with Gasteiger partial charge in [0.05, 0.1) is 11.6 Å². The molecule has 1 fully saturated rings. The van der Waals surface area contributed by atoms with E-state index in [0.717, 1.165) is 45.0 Å². The van der Waals surface area contributed by atoms with Gasteiger partial charge in [-0.15, -0.1) is 0 Å². The molecule has 2 nitrogen and oxygen atoms in total. The number of aryl methyl sites for hydroxylation is 1. The van der Waals surface area contributed by atoms with Crippen molar-refractivity contribution in [1.29, 1.82) is 5.26 Å². The van der Waals surface area contributed by atoms with Gasteiger partial charge < -0.3 is 4.90 Å². The summed E-state index contributed by atoms with van der Waals surface area (Å²) in [5, 5.41) is 9.13. The summed E-state index contributed by atoms with van der Waals surface area (Å²) in [4.78, 5) is 2.16. The van der Waals surface area contributed by atoms with Crippen LogP contribution in [0, 0.1) is 11.3 Å². The molecule has 1 aliphatic heterocycles. The summed E-state index contributed by atoms with van der Waals surface area (Å²) in [7, 11) is 2.22. The summed E-state index contributed by atoms with van der Waals surface area (Å²) in [5.74, 6) is -2.50. The molecule has 0 aliphatic carbocycles. The van der Waals surface area contributed by atoms with E-state index in [1.165, 1.54) is 42.4 Å². The van der Waals surface area contributed by atoms with E-state index in [1.54, 1.807) is 6.07 Å². The van der Waals surface area contributed by atoms with E-state index in [1.807, 2.05) is 6.07 Å². The molecule has 0 N–H and O–H groups in total. The summed E-state index contributed by atoms with van der Waals surface area (Å²) in [6, 6.07) is 15.7. The minimum absolute atomic E-state index is 0.0511. The lowest BCUT2D eigenvalue weighted by molar-refractivity contribution is 0.0172. The molecule has 1 saturated heterocycles. The van der Waals surface area contributed by atoms with Crippen LogP contribution in [0.15, 0.2) is 42.5 Å². The quantitative estimate of drug-likeness (QED) is 0.463. The molecule has 0 spiro atoms. The number of piperidine rings is 1. The molecular weight excluding hydrogens is 365 g/mol. The predicted molar refractivity (Wildman–Crippen MR) is 118 cm³/mol. The Morgan fingerprint density at radius 3 is 2.38 bits per heavy atom. The first-order chi connectivity index (χ1) is 13.9. The number of nitrogens with zero attached hydrogens (tertiary/aromatic N) is 2. The molecule has 0 atom stereocenters. The normalized spacial score (nSPS) is 15.3. The van der Waals surface area contributed by atoms with Crippen LogP contribution >= 0.6 is 0 Å². The smallest absolute Gasteiger partial charge is 0.271 e. The Kier molecular flexibility index (Phi) is 6.95. The maximum absolute atomic E-state index is 13.9. The number of hydrogen-bond acceptors (Lipinski definition) is 2. The number of anilines is 1. The summed E-state index contributed by atoms with van der Waals surface area (Å²) < 4.78 is 27.8. The van der Waals surface area contributed by atoms with Crippen molar-refractivity contribution < 1.29 is 8.78 Å². The van der Waals surface area contributed by atoms with Crippen molar-refractivity contribution in [2.75, 3.05) is 18.0 Å². The van der Waals surface area contributed by atoms with Gasteiger partial charge in [0.15, 0.2) is 0 Å². The van der Waals surface area contributed by atoms with E-state index < -0.39 is 5.92 Å². The first kappa shape index (κ1) is 21.4. The van der Waals surface area contributed by atoms with E-state index in [-0.39, 0.29) is 11.1 Å². The van der Waals surface area contributed by atoms with Gasteiger partial charge >= 0.3 is 0 Å². The van der Waals surface area contributed by atoms with Gasteiger partial charge in [-0.05, 0) is 60.9 Å². The Morgan fingerprint density at radius 1 is 1.10 bits per heavy atom. The Labute approximate surface area is 173 Å². The summed E-state index contributed by atoms with van der Waals surface area (Å²) in [6.07, 6.45) is 6.93. The molecule has 3 rings (SSSR count). The average molecular weight is 394 g/mol. The molecule has 0 aromatic heterocycles. The number of rotatable bonds is 7. The average Bonchev–Trinajstić information content (AvgIpc) is 2.73. The van der Waals surface area contributed by atoms with Gasteiger partial charge in [-0.3, -0.25) is 0 Å². The number of benzene rings is 2. The molecule has 0 saturated carbocycles. The van der Waals surface area contributed by atoms with Crippen LogP contribution in [-0.2, 0) is 12.3 Å². The molecule has 1 heterocycles. The van der Waals surface area contributed by atoms with Crippen LogP contribution in [0.1, 0.15) is 60.8 Å². The van der Waals surface area contributed by atoms with Gasteiger partial charge in [-0.25, -0.2) is 8.78 Å². The molecule has 1 aliphatic rings. The number of hydrogen-bond donors (Lipinski definition) is 0. The highest BCUT2D eigenvalue weighted by Gasteiger charge is 2.29. The fourth-order valence-corrected chi connectivity index (χ4v) is 4.20. The summed E-state index contributed by atoms with van der Waals surface area (Å²) >= 11 is 0. The first-order valence-electron chi connectivity index (χ1n) is 10.7. The minimum atomic E-state index is -3.02. The largest absolute Gasteiger partial charge is 0.371 e. The third-order valence-electron chi connectivity index (χ3n) is 5.98. The zero-order valence-corrected chi connectivity index (χ0v) is 17.4. The predicted octanol–water partition coefficient (Wildman–Crippen LogP) is 5.43. The van der Waals surface area contributed by atoms with Gasteiger partial charge in [0.1, 0.15) is 7.85 Å². The van der Waals surface area contributed by atoms with E-state index in [4.69, 9.17) is 5.26 Å². The summed E-state index contributed by atoms with van der Waals surface area (Å²) in [6.45, 7) is 2.53. The fraction of sp³-hybridized carbons (Fsp3) is 0.458. The standard InChI is InChI=1S/C24H29BF2N2/c1-24(26,27)23-16-22(10-9-21(23)17-28)29-14-11-20(12-15-29)19-7-5-18(6-8-19)4-2-3-13-25/h5-10,16,20H,2-4,11-15,25H2,1H3. The molecule has 2 aromatic rings. The second-order valence-corrected chi connectivity index (χ2v) is 8.19. The van der Waals surface area contributed by atoms with E-state index in [2.05, 4.69) is 37.0 Å². The Hall–Kier alpha value is -2.35. The van der Waals surface area contributed by atoms with Crippen LogP contribution < -0.4 is 4.90 Å². The highest BCUT2D eigenvalue weighted by atomic mass is 19.3. The zero-order valence-electron chi connectivity index (χ0n) is 17.4. The monoisotopic (exact) mass is 394 g/mol. The van der Waals surface area contributed by atoms with E-state index >= 15 is 0 Å². The van der Waals surface area contributed by atoms with Crippen molar-refractivity contribution in [1.82, 2.24) is 0 Å². The van der Waals surface area contributed by atoms with Gasteiger partial charge in [-0.1, -0.05) is 37.0 Å². The second kappa shape index (κ2) is 9.44. The van der Waals surface area contributed by atoms with Gasteiger partial charge in [0.25, 0.3) is 5.92 Å². The Bertz CT molecular complexity index is 845. The van der Waals surface area contributed by atoms with Crippen molar-refractivity contribution in [3.05, 3.63) is 64.7 Å². The van der Waals surface area contributed by atoms with Crippen LogP contribution in [0.3, 0.4) is 0 Å². The number of unbranched alkanes of at least 4 members (excludes halogenated alkanes) is 1. The van der Waals surface area contributed by atoms with Crippen molar-refractivity contribution >= 4 is 13.5 Å². The molecule has 2 aromatic carbocycles. The number of nitriles is 1. The van der Waals surface area contributed by atoms with Crippen LogP contribution in [0.25, 0.3) is 0 Å². The van der Waals surface area contributed by atoms with Crippen molar-refractivity contribution in [3.8, 4) is 6.07 Å². The molecule has 0 bridgehead atoms. The lowest BCUT2D eigenvalue weighted by Crippen LogP contribution is -2.33. The lowest BCUT2D eigenvalue weighted by Gasteiger charge is -2.34.